The van der Waals surface area contributed by atoms with Crippen molar-refractivity contribution in [3.05, 3.63) is 5.89 Å². The molecule has 0 saturated carbocycles. The SMILES string of the molecule is CC(N)c1nnc(N2CCC(OCCO)CC2)o1. The summed E-state index contributed by atoms with van der Waals surface area (Å²) in [5.74, 6) is 0.462. The molecular formula is C11H20N4O3. The molecule has 0 amide bonds. The van der Waals surface area contributed by atoms with Gasteiger partial charge in [-0.15, -0.1) is 5.10 Å². The summed E-state index contributed by atoms with van der Waals surface area (Å²) in [6, 6.07) is 0.291. The third kappa shape index (κ3) is 3.18. The van der Waals surface area contributed by atoms with Gasteiger partial charge in [0.1, 0.15) is 0 Å². The minimum atomic E-state index is -0.239. The monoisotopic (exact) mass is 256 g/mol. The molecule has 7 heteroatoms. The van der Waals surface area contributed by atoms with Gasteiger partial charge in [-0.3, -0.25) is 0 Å². The predicted molar refractivity (Wildman–Crippen MR) is 65.2 cm³/mol. The van der Waals surface area contributed by atoms with Crippen molar-refractivity contribution in [3.8, 4) is 0 Å². The second kappa shape index (κ2) is 6.12. The first-order valence-electron chi connectivity index (χ1n) is 6.27. The Morgan fingerprint density at radius 2 is 2.22 bits per heavy atom. The van der Waals surface area contributed by atoms with Crippen LogP contribution in [0.15, 0.2) is 4.42 Å². The number of hydrogen-bond acceptors (Lipinski definition) is 7. The highest BCUT2D eigenvalue weighted by atomic mass is 16.5. The molecule has 1 aliphatic rings. The lowest BCUT2D eigenvalue weighted by atomic mass is 10.1. The Morgan fingerprint density at radius 3 is 2.78 bits per heavy atom. The Hall–Kier alpha value is -1.18. The molecule has 18 heavy (non-hydrogen) atoms. The zero-order chi connectivity index (χ0) is 13.0. The largest absolute Gasteiger partial charge is 0.406 e. The van der Waals surface area contributed by atoms with E-state index in [2.05, 4.69) is 10.2 Å². The topological polar surface area (TPSA) is 97.6 Å². The van der Waals surface area contributed by atoms with Gasteiger partial charge in [-0.1, -0.05) is 5.10 Å². The van der Waals surface area contributed by atoms with Crippen LogP contribution in [0.1, 0.15) is 31.7 Å². The highest BCUT2D eigenvalue weighted by Crippen LogP contribution is 2.21. The Labute approximate surface area is 106 Å². The molecule has 3 N–H and O–H groups in total. The van der Waals surface area contributed by atoms with E-state index in [1.807, 2.05) is 11.8 Å². The first kappa shape index (κ1) is 13.3. The average Bonchev–Trinajstić information content (AvgIpc) is 2.87. The van der Waals surface area contributed by atoms with E-state index in [1.54, 1.807) is 0 Å². The molecule has 0 bridgehead atoms. The quantitative estimate of drug-likeness (QED) is 0.769. The molecule has 0 spiro atoms. The van der Waals surface area contributed by atoms with Crippen molar-refractivity contribution in [3.63, 3.8) is 0 Å². The zero-order valence-electron chi connectivity index (χ0n) is 10.6. The molecule has 1 aliphatic heterocycles. The van der Waals surface area contributed by atoms with E-state index < -0.39 is 0 Å². The lowest BCUT2D eigenvalue weighted by molar-refractivity contribution is 0.0154. The van der Waals surface area contributed by atoms with Crippen LogP contribution in [0, 0.1) is 0 Å². The summed E-state index contributed by atoms with van der Waals surface area (Å²) in [7, 11) is 0. The summed E-state index contributed by atoms with van der Waals surface area (Å²) in [6.07, 6.45) is 2.01. The summed E-state index contributed by atoms with van der Waals surface area (Å²) in [5, 5.41) is 16.6. The van der Waals surface area contributed by atoms with Gasteiger partial charge in [0, 0.05) is 13.1 Å². The third-order valence-corrected chi connectivity index (χ3v) is 2.98. The number of rotatable bonds is 5. The van der Waals surface area contributed by atoms with Crippen molar-refractivity contribution in [2.45, 2.75) is 31.9 Å². The third-order valence-electron chi connectivity index (χ3n) is 2.98. The summed E-state index contributed by atoms with van der Waals surface area (Å²) < 4.78 is 11.0. The van der Waals surface area contributed by atoms with Gasteiger partial charge in [-0.2, -0.15) is 0 Å². The number of aromatic nitrogens is 2. The molecule has 1 aromatic heterocycles. The van der Waals surface area contributed by atoms with Crippen LogP contribution in [0.5, 0.6) is 0 Å². The van der Waals surface area contributed by atoms with Crippen LogP contribution in [0.4, 0.5) is 6.01 Å². The first-order valence-corrected chi connectivity index (χ1v) is 6.27. The van der Waals surface area contributed by atoms with Gasteiger partial charge in [0.25, 0.3) is 0 Å². The normalized spacial score (nSPS) is 19.2. The minimum absolute atomic E-state index is 0.0711. The van der Waals surface area contributed by atoms with E-state index in [0.29, 0.717) is 18.5 Å². The molecule has 7 nitrogen and oxygen atoms in total. The van der Waals surface area contributed by atoms with E-state index in [9.17, 15) is 0 Å². The summed E-state index contributed by atoms with van der Waals surface area (Å²) in [4.78, 5) is 2.04. The van der Waals surface area contributed by atoms with E-state index in [0.717, 1.165) is 25.9 Å². The maximum absolute atomic E-state index is 8.70. The first-order chi connectivity index (χ1) is 8.70. The molecular weight excluding hydrogens is 236 g/mol. The van der Waals surface area contributed by atoms with E-state index in [4.69, 9.17) is 20.0 Å². The zero-order valence-corrected chi connectivity index (χ0v) is 10.6. The van der Waals surface area contributed by atoms with Crippen LogP contribution < -0.4 is 10.6 Å². The number of anilines is 1. The number of ether oxygens (including phenoxy) is 1. The van der Waals surface area contributed by atoms with E-state index in [1.165, 1.54) is 0 Å². The lowest BCUT2D eigenvalue weighted by Crippen LogP contribution is -2.37. The Balaban J connectivity index is 1.85. The van der Waals surface area contributed by atoms with Gasteiger partial charge in [-0.05, 0) is 19.8 Å². The summed E-state index contributed by atoms with van der Waals surface area (Å²) in [6.45, 7) is 3.92. The van der Waals surface area contributed by atoms with Gasteiger partial charge in [0.15, 0.2) is 0 Å². The van der Waals surface area contributed by atoms with Crippen LogP contribution in [0.3, 0.4) is 0 Å². The van der Waals surface area contributed by atoms with Crippen LogP contribution in [0.2, 0.25) is 0 Å². The molecule has 2 rings (SSSR count). The molecule has 1 fully saturated rings. The number of hydrogen-bond donors (Lipinski definition) is 2. The molecule has 1 unspecified atom stereocenters. The van der Waals surface area contributed by atoms with Crippen LogP contribution in [-0.2, 0) is 4.74 Å². The second-order valence-corrected chi connectivity index (χ2v) is 4.49. The molecule has 0 aliphatic carbocycles. The van der Waals surface area contributed by atoms with Crippen molar-refractivity contribution >= 4 is 6.01 Å². The Morgan fingerprint density at radius 1 is 1.50 bits per heavy atom. The molecule has 1 saturated heterocycles. The standard InChI is InChI=1S/C11H20N4O3/c1-8(12)10-13-14-11(18-10)15-4-2-9(3-5-15)17-7-6-16/h8-9,16H,2-7,12H2,1H3. The fraction of sp³-hybridized carbons (Fsp3) is 0.818. The average molecular weight is 256 g/mol. The maximum atomic E-state index is 8.70. The lowest BCUT2D eigenvalue weighted by Gasteiger charge is -2.30. The Kier molecular flexibility index (Phi) is 4.51. The number of aliphatic hydroxyl groups is 1. The smallest absolute Gasteiger partial charge is 0.318 e. The number of nitrogens with two attached hydrogens (primary N) is 1. The predicted octanol–water partition coefficient (Wildman–Crippen LogP) is 0.0670. The van der Waals surface area contributed by atoms with E-state index >= 15 is 0 Å². The van der Waals surface area contributed by atoms with Crippen LogP contribution in [-0.4, -0.2) is 47.7 Å². The number of piperidine rings is 1. The molecule has 0 radical (unpaired) electrons. The van der Waals surface area contributed by atoms with Crippen molar-refractivity contribution in [1.29, 1.82) is 0 Å². The van der Waals surface area contributed by atoms with Gasteiger partial charge in [0.2, 0.25) is 5.89 Å². The van der Waals surface area contributed by atoms with Crippen molar-refractivity contribution in [2.24, 2.45) is 5.73 Å². The molecule has 2 heterocycles. The molecule has 0 aromatic carbocycles. The molecule has 102 valence electrons. The van der Waals surface area contributed by atoms with Gasteiger partial charge in [0.05, 0.1) is 25.4 Å². The number of nitrogens with zero attached hydrogens (tertiary/aromatic N) is 3. The summed E-state index contributed by atoms with van der Waals surface area (Å²) in [5.41, 5.74) is 5.68. The van der Waals surface area contributed by atoms with Gasteiger partial charge < -0.3 is 24.9 Å². The highest BCUT2D eigenvalue weighted by Gasteiger charge is 2.23. The Bertz CT molecular complexity index is 361. The van der Waals surface area contributed by atoms with Crippen molar-refractivity contribution < 1.29 is 14.3 Å². The molecule has 1 aromatic rings. The van der Waals surface area contributed by atoms with Gasteiger partial charge >= 0.3 is 6.01 Å². The van der Waals surface area contributed by atoms with Crippen molar-refractivity contribution in [2.75, 3.05) is 31.2 Å². The summed E-state index contributed by atoms with van der Waals surface area (Å²) >= 11 is 0. The molecule has 1 atom stereocenters. The van der Waals surface area contributed by atoms with E-state index in [-0.39, 0.29) is 18.8 Å². The van der Waals surface area contributed by atoms with Gasteiger partial charge in [-0.25, -0.2) is 0 Å². The second-order valence-electron chi connectivity index (χ2n) is 4.49. The number of aliphatic hydroxyl groups excluding tert-OH is 1. The minimum Gasteiger partial charge on any atom is -0.406 e. The van der Waals surface area contributed by atoms with Crippen molar-refractivity contribution in [1.82, 2.24) is 10.2 Å². The fourth-order valence-corrected chi connectivity index (χ4v) is 1.97. The maximum Gasteiger partial charge on any atom is 0.318 e. The fourth-order valence-electron chi connectivity index (χ4n) is 1.97. The van der Waals surface area contributed by atoms with Crippen LogP contribution >= 0.6 is 0 Å². The van der Waals surface area contributed by atoms with Crippen LogP contribution in [0.25, 0.3) is 0 Å². The highest BCUT2D eigenvalue weighted by molar-refractivity contribution is 5.25.